The monoisotopic (exact) mass is 238 g/mol. The molecule has 96 valence electrons. The van der Waals surface area contributed by atoms with Gasteiger partial charge in [0, 0.05) is 6.61 Å². The maximum Gasteiger partial charge on any atom is 0.119 e. The summed E-state index contributed by atoms with van der Waals surface area (Å²) in [4.78, 5) is 0. The first-order valence-corrected chi connectivity index (χ1v) is 6.35. The Morgan fingerprint density at radius 2 is 1.41 bits per heavy atom. The van der Waals surface area contributed by atoms with Crippen LogP contribution in [0.25, 0.3) is 0 Å². The van der Waals surface area contributed by atoms with Crippen molar-refractivity contribution in [2.24, 2.45) is 0 Å². The van der Waals surface area contributed by atoms with Crippen molar-refractivity contribution in [1.29, 1.82) is 0 Å². The molecule has 17 heavy (non-hydrogen) atoms. The molecular weight excluding hydrogens is 216 g/mol. The maximum absolute atomic E-state index is 9.10. The lowest BCUT2D eigenvalue weighted by molar-refractivity contribution is 0.280. The van der Waals surface area contributed by atoms with Gasteiger partial charge in [0.2, 0.25) is 0 Å². The van der Waals surface area contributed by atoms with Gasteiger partial charge < -0.3 is 14.9 Å². The third kappa shape index (κ3) is 6.84. The van der Waals surface area contributed by atoms with Crippen molar-refractivity contribution in [2.75, 3.05) is 13.2 Å². The fraction of sp³-hybridized carbons (Fsp3) is 0.571. The fourth-order valence-electron chi connectivity index (χ4n) is 1.65. The minimum Gasteiger partial charge on any atom is -0.508 e. The molecule has 0 bridgehead atoms. The fourth-order valence-corrected chi connectivity index (χ4v) is 1.65. The van der Waals surface area contributed by atoms with Gasteiger partial charge in [0.25, 0.3) is 0 Å². The number of phenolic OH excluding ortho intramolecular Hbond substituents is 1. The molecule has 1 aromatic carbocycles. The SMILES string of the molecule is OCCCCCCCCOc1ccc(O)cc1. The van der Waals surface area contributed by atoms with E-state index in [1.165, 1.54) is 19.3 Å². The topological polar surface area (TPSA) is 49.7 Å². The average Bonchev–Trinajstić information content (AvgIpc) is 2.35. The Balaban J connectivity index is 1.95. The van der Waals surface area contributed by atoms with Gasteiger partial charge in [-0.05, 0) is 37.1 Å². The molecule has 1 rings (SSSR count). The first-order valence-electron chi connectivity index (χ1n) is 6.35. The number of hydrogen-bond acceptors (Lipinski definition) is 3. The number of aromatic hydroxyl groups is 1. The maximum atomic E-state index is 9.10. The van der Waals surface area contributed by atoms with E-state index in [2.05, 4.69) is 0 Å². The van der Waals surface area contributed by atoms with Gasteiger partial charge in [-0.1, -0.05) is 25.7 Å². The van der Waals surface area contributed by atoms with Gasteiger partial charge in [-0.2, -0.15) is 0 Å². The van der Waals surface area contributed by atoms with Gasteiger partial charge in [-0.25, -0.2) is 0 Å². The first-order chi connectivity index (χ1) is 8.33. The molecule has 0 aromatic heterocycles. The number of rotatable bonds is 9. The van der Waals surface area contributed by atoms with Crippen LogP contribution < -0.4 is 4.74 Å². The Bertz CT molecular complexity index is 282. The molecule has 2 N–H and O–H groups in total. The summed E-state index contributed by atoms with van der Waals surface area (Å²) in [5.41, 5.74) is 0. The Hall–Kier alpha value is -1.22. The summed E-state index contributed by atoms with van der Waals surface area (Å²) in [6.07, 6.45) is 6.67. The molecule has 0 fully saturated rings. The highest BCUT2D eigenvalue weighted by atomic mass is 16.5. The first kappa shape index (κ1) is 13.8. The average molecular weight is 238 g/mol. The molecule has 0 heterocycles. The number of benzene rings is 1. The second-order valence-corrected chi connectivity index (χ2v) is 4.19. The number of unbranched alkanes of at least 4 members (excludes halogenated alkanes) is 5. The molecule has 1 aromatic rings. The minimum absolute atomic E-state index is 0.265. The van der Waals surface area contributed by atoms with Crippen molar-refractivity contribution in [3.8, 4) is 11.5 Å². The van der Waals surface area contributed by atoms with Crippen molar-refractivity contribution in [3.05, 3.63) is 24.3 Å². The van der Waals surface area contributed by atoms with Crippen LogP contribution in [0.1, 0.15) is 38.5 Å². The lowest BCUT2D eigenvalue weighted by Gasteiger charge is -2.06. The predicted octanol–water partition coefficient (Wildman–Crippen LogP) is 3.10. The van der Waals surface area contributed by atoms with Crippen LogP contribution in [0.2, 0.25) is 0 Å². The highest BCUT2D eigenvalue weighted by molar-refractivity contribution is 5.29. The Labute approximate surface area is 103 Å². The van der Waals surface area contributed by atoms with Crippen molar-refractivity contribution in [2.45, 2.75) is 38.5 Å². The number of phenols is 1. The van der Waals surface area contributed by atoms with Crippen LogP contribution >= 0.6 is 0 Å². The third-order valence-electron chi connectivity index (χ3n) is 2.66. The van der Waals surface area contributed by atoms with E-state index >= 15 is 0 Å². The molecule has 0 unspecified atom stereocenters. The second kappa shape index (κ2) is 8.88. The summed E-state index contributed by atoms with van der Waals surface area (Å²) in [5, 5.41) is 17.7. The van der Waals surface area contributed by atoms with E-state index in [1.807, 2.05) is 0 Å². The highest BCUT2D eigenvalue weighted by Crippen LogP contribution is 2.16. The molecule has 0 saturated carbocycles. The molecule has 0 saturated heterocycles. The Morgan fingerprint density at radius 1 is 0.824 bits per heavy atom. The van der Waals surface area contributed by atoms with Crippen LogP contribution in [0.5, 0.6) is 11.5 Å². The second-order valence-electron chi connectivity index (χ2n) is 4.19. The van der Waals surface area contributed by atoms with Crippen molar-refractivity contribution >= 4 is 0 Å². The summed E-state index contributed by atoms with van der Waals surface area (Å²) in [6.45, 7) is 1.04. The van der Waals surface area contributed by atoms with Crippen LogP contribution in [0.15, 0.2) is 24.3 Å². The summed E-state index contributed by atoms with van der Waals surface area (Å²) >= 11 is 0. The van der Waals surface area contributed by atoms with Crippen LogP contribution in [0.4, 0.5) is 0 Å². The van der Waals surface area contributed by atoms with E-state index in [0.29, 0.717) is 6.61 Å². The zero-order valence-electron chi connectivity index (χ0n) is 10.3. The van der Waals surface area contributed by atoms with Crippen molar-refractivity contribution in [1.82, 2.24) is 0 Å². The molecule has 0 atom stereocenters. The minimum atomic E-state index is 0.265. The summed E-state index contributed by atoms with van der Waals surface area (Å²) < 4.78 is 5.54. The predicted molar refractivity (Wildman–Crippen MR) is 68.4 cm³/mol. The van der Waals surface area contributed by atoms with E-state index in [0.717, 1.165) is 31.6 Å². The molecule has 3 nitrogen and oxygen atoms in total. The van der Waals surface area contributed by atoms with Gasteiger partial charge in [0.05, 0.1) is 6.61 Å². The van der Waals surface area contributed by atoms with E-state index in [1.54, 1.807) is 24.3 Å². The molecular formula is C14H22O3. The number of ether oxygens (including phenoxy) is 1. The van der Waals surface area contributed by atoms with Gasteiger partial charge >= 0.3 is 0 Å². The van der Waals surface area contributed by atoms with Crippen molar-refractivity contribution in [3.63, 3.8) is 0 Å². The van der Waals surface area contributed by atoms with Gasteiger partial charge in [-0.3, -0.25) is 0 Å². The molecule has 0 aliphatic carbocycles. The van der Waals surface area contributed by atoms with Crippen LogP contribution in [0, 0.1) is 0 Å². The Kier molecular flexibility index (Phi) is 7.23. The molecule has 0 aliphatic heterocycles. The van der Waals surface area contributed by atoms with Crippen LogP contribution in [0.3, 0.4) is 0 Å². The standard InChI is InChI=1S/C14H22O3/c15-11-5-3-1-2-4-6-12-17-14-9-7-13(16)8-10-14/h7-10,15-16H,1-6,11-12H2. The number of aliphatic hydroxyl groups is 1. The zero-order valence-corrected chi connectivity index (χ0v) is 10.3. The van der Waals surface area contributed by atoms with Crippen LogP contribution in [-0.2, 0) is 0 Å². The molecule has 0 amide bonds. The lowest BCUT2D eigenvalue weighted by atomic mass is 10.1. The van der Waals surface area contributed by atoms with Gasteiger partial charge in [0.15, 0.2) is 0 Å². The quantitative estimate of drug-likeness (QED) is 0.650. The van der Waals surface area contributed by atoms with E-state index in [9.17, 15) is 0 Å². The van der Waals surface area contributed by atoms with E-state index < -0.39 is 0 Å². The smallest absolute Gasteiger partial charge is 0.119 e. The highest BCUT2D eigenvalue weighted by Gasteiger charge is 1.94. The van der Waals surface area contributed by atoms with Crippen molar-refractivity contribution < 1.29 is 14.9 Å². The Morgan fingerprint density at radius 3 is 2.06 bits per heavy atom. The molecule has 3 heteroatoms. The normalized spacial score (nSPS) is 10.4. The molecule has 0 spiro atoms. The van der Waals surface area contributed by atoms with E-state index in [4.69, 9.17) is 14.9 Å². The van der Waals surface area contributed by atoms with Crippen LogP contribution in [-0.4, -0.2) is 23.4 Å². The summed E-state index contributed by atoms with van der Waals surface area (Å²) in [7, 11) is 0. The van der Waals surface area contributed by atoms with E-state index in [-0.39, 0.29) is 5.75 Å². The third-order valence-corrected chi connectivity index (χ3v) is 2.66. The molecule has 0 aliphatic rings. The lowest BCUT2D eigenvalue weighted by Crippen LogP contribution is -1.97. The largest absolute Gasteiger partial charge is 0.508 e. The zero-order chi connectivity index (χ0) is 12.3. The van der Waals surface area contributed by atoms with Gasteiger partial charge in [0.1, 0.15) is 11.5 Å². The summed E-state index contributed by atoms with van der Waals surface area (Å²) in [5.74, 6) is 1.07. The summed E-state index contributed by atoms with van der Waals surface area (Å²) in [6, 6.07) is 6.81. The van der Waals surface area contributed by atoms with Gasteiger partial charge in [-0.15, -0.1) is 0 Å². The number of aliphatic hydroxyl groups excluding tert-OH is 1. The molecule has 0 radical (unpaired) electrons. The number of hydrogen-bond donors (Lipinski definition) is 2.